The number of anilines is 3. The van der Waals surface area contributed by atoms with Crippen LogP contribution in [0.3, 0.4) is 0 Å². The lowest BCUT2D eigenvalue weighted by molar-refractivity contribution is 0.660. The van der Waals surface area contributed by atoms with Gasteiger partial charge in [-0.25, -0.2) is 0 Å². The van der Waals surface area contributed by atoms with E-state index in [1.165, 1.54) is 44.5 Å². The Bertz CT molecular complexity index is 2820. The van der Waals surface area contributed by atoms with Crippen LogP contribution in [-0.2, 0) is 5.41 Å². The first-order chi connectivity index (χ1) is 26.0. The molecule has 1 heterocycles. The lowest BCUT2D eigenvalue weighted by Gasteiger charge is -2.29. The first kappa shape index (κ1) is 31.1. The third kappa shape index (κ3) is 5.10. The second kappa shape index (κ2) is 12.3. The molecule has 1 aliphatic carbocycles. The van der Waals surface area contributed by atoms with Gasteiger partial charge in [-0.3, -0.25) is 0 Å². The van der Waals surface area contributed by atoms with Crippen LogP contribution in [0.25, 0.3) is 66.4 Å². The fraction of sp³-hybridized carbons (Fsp3) is 0.0588. The van der Waals surface area contributed by atoms with E-state index in [0.29, 0.717) is 0 Å². The number of benzene rings is 8. The molecule has 0 bridgehead atoms. The summed E-state index contributed by atoms with van der Waals surface area (Å²) in [5.74, 6) is 0. The fourth-order valence-electron chi connectivity index (χ4n) is 8.51. The van der Waals surface area contributed by atoms with Crippen LogP contribution in [0.15, 0.2) is 192 Å². The predicted molar refractivity (Wildman–Crippen MR) is 222 cm³/mol. The molecule has 0 saturated carbocycles. The number of furan rings is 1. The van der Waals surface area contributed by atoms with Gasteiger partial charge in [-0.1, -0.05) is 153 Å². The minimum absolute atomic E-state index is 0.0442. The van der Waals surface area contributed by atoms with Gasteiger partial charge in [-0.05, 0) is 98.6 Å². The molecule has 2 nitrogen and oxygen atoms in total. The van der Waals surface area contributed by atoms with E-state index in [4.69, 9.17) is 4.42 Å². The summed E-state index contributed by atoms with van der Waals surface area (Å²) in [5, 5.41) is 2.27. The van der Waals surface area contributed by atoms with Crippen LogP contribution < -0.4 is 4.90 Å². The summed E-state index contributed by atoms with van der Waals surface area (Å²) in [6.45, 7) is 4.68. The minimum Gasteiger partial charge on any atom is -0.456 e. The van der Waals surface area contributed by atoms with Crippen LogP contribution in [-0.4, -0.2) is 0 Å². The Morgan fingerprint density at radius 1 is 0.396 bits per heavy atom. The maximum Gasteiger partial charge on any atom is 0.136 e. The highest BCUT2D eigenvalue weighted by molar-refractivity contribution is 6.12. The van der Waals surface area contributed by atoms with Crippen LogP contribution in [0.5, 0.6) is 0 Å². The second-order valence-electron chi connectivity index (χ2n) is 14.5. The van der Waals surface area contributed by atoms with E-state index in [0.717, 1.165) is 50.1 Å². The normalized spacial score (nSPS) is 12.9. The number of para-hydroxylation sites is 2. The maximum absolute atomic E-state index is 6.31. The Morgan fingerprint density at radius 3 is 1.83 bits per heavy atom. The molecular formula is C51H37NO. The molecule has 0 spiro atoms. The molecule has 0 atom stereocenters. The highest BCUT2D eigenvalue weighted by atomic mass is 16.3. The van der Waals surface area contributed by atoms with Crippen molar-refractivity contribution < 1.29 is 4.42 Å². The van der Waals surface area contributed by atoms with E-state index in [1.807, 2.05) is 12.1 Å². The molecule has 1 aliphatic rings. The van der Waals surface area contributed by atoms with Gasteiger partial charge in [0.25, 0.3) is 0 Å². The molecule has 1 aromatic heterocycles. The molecule has 0 radical (unpaired) electrons. The van der Waals surface area contributed by atoms with Crippen molar-refractivity contribution >= 4 is 39.0 Å². The van der Waals surface area contributed by atoms with Crippen molar-refractivity contribution in [3.05, 3.63) is 199 Å². The summed E-state index contributed by atoms with van der Waals surface area (Å²) in [4.78, 5) is 2.42. The fourth-order valence-corrected chi connectivity index (χ4v) is 8.51. The van der Waals surface area contributed by atoms with Crippen molar-refractivity contribution in [2.24, 2.45) is 0 Å². The quantitative estimate of drug-likeness (QED) is 0.174. The minimum atomic E-state index is -0.0442. The number of hydrogen-bond acceptors (Lipinski definition) is 2. The summed E-state index contributed by atoms with van der Waals surface area (Å²) < 4.78 is 6.31. The van der Waals surface area contributed by atoms with Gasteiger partial charge >= 0.3 is 0 Å². The number of hydrogen-bond donors (Lipinski definition) is 0. The molecule has 0 aliphatic heterocycles. The Hall–Kier alpha value is -6.64. The van der Waals surface area contributed by atoms with Crippen LogP contribution in [0.2, 0.25) is 0 Å². The standard InChI is InChI=1S/C51H37NO/c1-51(2)45-25-9-6-22-42(45)44-33-37(29-30-46(44)51)40-21-7-10-26-47(40)52(38-19-12-17-35(31-38)34-15-4-3-5-16-34)39-20-13-18-36(32-39)41-24-14-28-49-50(41)43-23-8-11-27-48(43)53-49/h3-33H,1-2H3. The molecule has 10 rings (SSSR count). The highest BCUT2D eigenvalue weighted by Crippen LogP contribution is 2.51. The summed E-state index contributed by atoms with van der Waals surface area (Å²) in [6, 6.07) is 67.9. The van der Waals surface area contributed by atoms with Gasteiger partial charge in [0.05, 0.1) is 5.69 Å². The zero-order valence-electron chi connectivity index (χ0n) is 29.8. The molecule has 9 aromatic rings. The average molecular weight is 680 g/mol. The van der Waals surface area contributed by atoms with Gasteiger partial charge in [-0.2, -0.15) is 0 Å². The topological polar surface area (TPSA) is 16.4 Å². The lowest BCUT2D eigenvalue weighted by Crippen LogP contribution is -2.14. The Labute approximate surface area is 310 Å². The van der Waals surface area contributed by atoms with Gasteiger partial charge < -0.3 is 9.32 Å². The van der Waals surface area contributed by atoms with Crippen LogP contribution in [0.1, 0.15) is 25.0 Å². The predicted octanol–water partition coefficient (Wildman–Crippen LogP) is 14.4. The summed E-state index contributed by atoms with van der Waals surface area (Å²) in [6.07, 6.45) is 0. The van der Waals surface area contributed by atoms with Crippen LogP contribution in [0.4, 0.5) is 17.1 Å². The zero-order chi connectivity index (χ0) is 35.5. The van der Waals surface area contributed by atoms with E-state index in [-0.39, 0.29) is 5.41 Å². The molecule has 0 N–H and O–H groups in total. The molecule has 53 heavy (non-hydrogen) atoms. The van der Waals surface area contributed by atoms with Gasteiger partial charge in [-0.15, -0.1) is 0 Å². The average Bonchev–Trinajstić information content (AvgIpc) is 3.71. The van der Waals surface area contributed by atoms with Gasteiger partial charge in [0.2, 0.25) is 0 Å². The third-order valence-corrected chi connectivity index (χ3v) is 11.1. The van der Waals surface area contributed by atoms with Gasteiger partial charge in [0.15, 0.2) is 0 Å². The van der Waals surface area contributed by atoms with E-state index in [9.17, 15) is 0 Å². The zero-order valence-corrected chi connectivity index (χ0v) is 29.8. The molecular weight excluding hydrogens is 643 g/mol. The summed E-state index contributed by atoms with van der Waals surface area (Å²) in [5.41, 5.74) is 17.5. The summed E-state index contributed by atoms with van der Waals surface area (Å²) in [7, 11) is 0. The van der Waals surface area contributed by atoms with Gasteiger partial charge in [0, 0.05) is 33.1 Å². The van der Waals surface area contributed by atoms with E-state index in [2.05, 4.69) is 195 Å². The Kier molecular flexibility index (Phi) is 7.19. The maximum atomic E-state index is 6.31. The van der Waals surface area contributed by atoms with E-state index < -0.39 is 0 Å². The second-order valence-corrected chi connectivity index (χ2v) is 14.5. The Morgan fingerprint density at radius 2 is 0.981 bits per heavy atom. The largest absolute Gasteiger partial charge is 0.456 e. The smallest absolute Gasteiger partial charge is 0.136 e. The first-order valence-corrected chi connectivity index (χ1v) is 18.3. The first-order valence-electron chi connectivity index (χ1n) is 18.3. The molecule has 0 saturated heterocycles. The Balaban J connectivity index is 1.18. The van der Waals surface area contributed by atoms with E-state index >= 15 is 0 Å². The molecule has 0 amide bonds. The third-order valence-electron chi connectivity index (χ3n) is 11.1. The van der Waals surface area contributed by atoms with Gasteiger partial charge in [0.1, 0.15) is 11.2 Å². The van der Waals surface area contributed by atoms with Crippen molar-refractivity contribution in [2.45, 2.75) is 19.3 Å². The molecule has 252 valence electrons. The van der Waals surface area contributed by atoms with Crippen molar-refractivity contribution in [3.8, 4) is 44.5 Å². The number of rotatable bonds is 6. The highest BCUT2D eigenvalue weighted by Gasteiger charge is 2.35. The lowest BCUT2D eigenvalue weighted by atomic mass is 9.82. The molecule has 0 unspecified atom stereocenters. The molecule has 8 aromatic carbocycles. The molecule has 2 heteroatoms. The number of nitrogens with zero attached hydrogens (tertiary/aromatic N) is 1. The number of fused-ring (bicyclic) bond motifs is 6. The van der Waals surface area contributed by atoms with Crippen molar-refractivity contribution in [1.29, 1.82) is 0 Å². The van der Waals surface area contributed by atoms with Crippen molar-refractivity contribution in [1.82, 2.24) is 0 Å². The monoisotopic (exact) mass is 679 g/mol. The van der Waals surface area contributed by atoms with Crippen LogP contribution in [0, 0.1) is 0 Å². The summed E-state index contributed by atoms with van der Waals surface area (Å²) >= 11 is 0. The van der Waals surface area contributed by atoms with Crippen LogP contribution >= 0.6 is 0 Å². The van der Waals surface area contributed by atoms with E-state index in [1.54, 1.807) is 0 Å². The van der Waals surface area contributed by atoms with Crippen molar-refractivity contribution in [2.75, 3.05) is 4.90 Å². The van der Waals surface area contributed by atoms with Crippen molar-refractivity contribution in [3.63, 3.8) is 0 Å². The molecule has 0 fully saturated rings. The SMILES string of the molecule is CC1(C)c2ccccc2-c2cc(-c3ccccc3N(c3cccc(-c4ccccc4)c3)c3cccc(-c4cccc5oc6ccccc6c45)c3)ccc21.